The maximum absolute atomic E-state index is 12.8. The lowest BCUT2D eigenvalue weighted by atomic mass is 10.2. The second kappa shape index (κ2) is 7.75. The minimum Gasteiger partial charge on any atom is -0.378 e. The van der Waals surface area contributed by atoms with Crippen molar-refractivity contribution >= 4 is 33.2 Å². The van der Waals surface area contributed by atoms with E-state index in [1.165, 1.54) is 28.6 Å². The van der Waals surface area contributed by atoms with Crippen LogP contribution in [0.25, 0.3) is 0 Å². The molecule has 138 valence electrons. The van der Waals surface area contributed by atoms with E-state index in [1.807, 2.05) is 6.92 Å². The van der Waals surface area contributed by atoms with Gasteiger partial charge < -0.3 is 10.1 Å². The van der Waals surface area contributed by atoms with Crippen molar-refractivity contribution < 1.29 is 17.9 Å². The van der Waals surface area contributed by atoms with Crippen LogP contribution in [0.4, 0.5) is 5.69 Å². The number of ether oxygens (including phenoxy) is 1. The molecule has 26 heavy (non-hydrogen) atoms. The molecular formula is C18H19ClN2O4S. The minimum absolute atomic E-state index is 0.153. The number of halogens is 1. The Bertz CT molecular complexity index is 900. The maximum Gasteiger partial charge on any atom is 0.255 e. The molecular weight excluding hydrogens is 376 g/mol. The van der Waals surface area contributed by atoms with Gasteiger partial charge >= 0.3 is 0 Å². The van der Waals surface area contributed by atoms with Gasteiger partial charge in [0.15, 0.2) is 0 Å². The van der Waals surface area contributed by atoms with Crippen LogP contribution in [-0.2, 0) is 14.8 Å². The van der Waals surface area contributed by atoms with E-state index in [0.29, 0.717) is 36.0 Å². The van der Waals surface area contributed by atoms with Crippen molar-refractivity contribution in [2.75, 3.05) is 25.1 Å². The van der Waals surface area contributed by atoms with Crippen LogP contribution < -0.4 is 5.32 Å². The van der Waals surface area contributed by atoms with Crippen LogP contribution in [0.2, 0.25) is 5.02 Å². The fourth-order valence-corrected chi connectivity index (χ4v) is 4.52. The first-order chi connectivity index (χ1) is 12.4. The lowest BCUT2D eigenvalue weighted by Gasteiger charge is -2.32. The summed E-state index contributed by atoms with van der Waals surface area (Å²) in [5, 5.41) is 3.14. The number of benzene rings is 2. The molecule has 0 radical (unpaired) electrons. The summed E-state index contributed by atoms with van der Waals surface area (Å²) in [7, 11) is -3.62. The zero-order valence-electron chi connectivity index (χ0n) is 14.2. The lowest BCUT2D eigenvalue weighted by Crippen LogP contribution is -2.46. The first-order valence-electron chi connectivity index (χ1n) is 8.15. The Morgan fingerprint density at radius 3 is 2.54 bits per heavy atom. The molecule has 6 nitrogen and oxygen atoms in total. The number of nitrogens with one attached hydrogen (secondary N) is 1. The van der Waals surface area contributed by atoms with Gasteiger partial charge in [0.2, 0.25) is 10.0 Å². The summed E-state index contributed by atoms with van der Waals surface area (Å²) < 4.78 is 32.2. The smallest absolute Gasteiger partial charge is 0.255 e. The predicted octanol–water partition coefficient (Wildman–Crippen LogP) is 3.00. The maximum atomic E-state index is 12.8. The SMILES string of the molecule is CC1COCCN1S(=O)(=O)c1ccc(C(=O)Nc2ccccc2Cl)cc1. The Morgan fingerprint density at radius 1 is 1.19 bits per heavy atom. The standard InChI is InChI=1S/C18H19ClN2O4S/c1-13-12-25-11-10-21(13)26(23,24)15-8-6-14(7-9-15)18(22)20-17-5-3-2-4-16(17)19/h2-9,13H,10-12H2,1H3,(H,20,22). The first-order valence-corrected chi connectivity index (χ1v) is 9.97. The van der Waals surface area contributed by atoms with Crippen molar-refractivity contribution in [2.45, 2.75) is 17.9 Å². The van der Waals surface area contributed by atoms with Crippen LogP contribution >= 0.6 is 11.6 Å². The van der Waals surface area contributed by atoms with E-state index in [1.54, 1.807) is 24.3 Å². The molecule has 0 spiro atoms. The van der Waals surface area contributed by atoms with Gasteiger partial charge in [0, 0.05) is 18.2 Å². The number of carbonyl (C=O) groups is 1. The summed E-state index contributed by atoms with van der Waals surface area (Å²) in [5.41, 5.74) is 0.844. The monoisotopic (exact) mass is 394 g/mol. The molecule has 1 aliphatic rings. The van der Waals surface area contributed by atoms with Crippen molar-refractivity contribution in [3.63, 3.8) is 0 Å². The third kappa shape index (κ3) is 3.91. The van der Waals surface area contributed by atoms with Gasteiger partial charge in [-0.1, -0.05) is 23.7 Å². The van der Waals surface area contributed by atoms with Crippen molar-refractivity contribution in [1.82, 2.24) is 4.31 Å². The lowest BCUT2D eigenvalue weighted by molar-refractivity contribution is 0.0393. The number of anilines is 1. The molecule has 1 N–H and O–H groups in total. The number of sulfonamides is 1. The van der Waals surface area contributed by atoms with Crippen LogP contribution in [0, 0.1) is 0 Å². The van der Waals surface area contributed by atoms with Crippen LogP contribution in [0.1, 0.15) is 17.3 Å². The largest absolute Gasteiger partial charge is 0.378 e. The number of morpholine rings is 1. The van der Waals surface area contributed by atoms with Gasteiger partial charge in [-0.2, -0.15) is 4.31 Å². The number of carbonyl (C=O) groups excluding carboxylic acids is 1. The van der Waals surface area contributed by atoms with E-state index in [9.17, 15) is 13.2 Å². The molecule has 1 heterocycles. The van der Waals surface area contributed by atoms with Crippen molar-refractivity contribution in [1.29, 1.82) is 0 Å². The van der Waals surface area contributed by atoms with Crippen molar-refractivity contribution in [2.24, 2.45) is 0 Å². The minimum atomic E-state index is -3.62. The van der Waals surface area contributed by atoms with Gasteiger partial charge in [0.05, 0.1) is 28.8 Å². The van der Waals surface area contributed by atoms with Crippen LogP contribution in [-0.4, -0.2) is 44.4 Å². The fraction of sp³-hybridized carbons (Fsp3) is 0.278. The Hall–Kier alpha value is -1.93. The summed E-state index contributed by atoms with van der Waals surface area (Å²) in [4.78, 5) is 12.5. The molecule has 1 aliphatic heterocycles. The molecule has 0 aromatic heterocycles. The zero-order valence-corrected chi connectivity index (χ0v) is 15.8. The quantitative estimate of drug-likeness (QED) is 0.864. The number of hydrogen-bond donors (Lipinski definition) is 1. The number of rotatable bonds is 4. The van der Waals surface area contributed by atoms with E-state index < -0.39 is 10.0 Å². The van der Waals surface area contributed by atoms with E-state index in [2.05, 4.69) is 5.32 Å². The summed E-state index contributed by atoms with van der Waals surface area (Å²) in [6.07, 6.45) is 0. The molecule has 1 fully saturated rings. The van der Waals surface area contributed by atoms with Crippen LogP contribution in [0.3, 0.4) is 0 Å². The van der Waals surface area contributed by atoms with Crippen molar-refractivity contribution in [3.05, 3.63) is 59.1 Å². The van der Waals surface area contributed by atoms with Gasteiger partial charge in [-0.05, 0) is 43.3 Å². The molecule has 0 aliphatic carbocycles. The van der Waals surface area contributed by atoms with E-state index in [0.717, 1.165) is 0 Å². The molecule has 0 bridgehead atoms. The summed E-state index contributed by atoms with van der Waals surface area (Å²) >= 11 is 6.03. The average molecular weight is 395 g/mol. The third-order valence-corrected chi connectivity index (χ3v) is 6.51. The van der Waals surface area contributed by atoms with Crippen LogP contribution in [0.5, 0.6) is 0 Å². The highest BCUT2D eigenvalue weighted by Gasteiger charge is 2.31. The summed E-state index contributed by atoms with van der Waals surface area (Å²) in [6.45, 7) is 2.87. The highest BCUT2D eigenvalue weighted by atomic mass is 35.5. The Balaban J connectivity index is 1.77. The number of nitrogens with zero attached hydrogens (tertiary/aromatic N) is 1. The highest BCUT2D eigenvalue weighted by Crippen LogP contribution is 2.23. The van der Waals surface area contributed by atoms with Gasteiger partial charge in [-0.3, -0.25) is 4.79 Å². The Labute approximate surface area is 157 Å². The highest BCUT2D eigenvalue weighted by molar-refractivity contribution is 7.89. The summed E-state index contributed by atoms with van der Waals surface area (Å²) in [6, 6.07) is 12.5. The molecule has 0 saturated carbocycles. The van der Waals surface area contributed by atoms with Crippen LogP contribution in [0.15, 0.2) is 53.4 Å². The van der Waals surface area contributed by atoms with Gasteiger partial charge in [0.1, 0.15) is 0 Å². The zero-order chi connectivity index (χ0) is 18.7. The average Bonchev–Trinajstić information content (AvgIpc) is 2.64. The molecule has 1 saturated heterocycles. The fourth-order valence-electron chi connectivity index (χ4n) is 2.74. The van der Waals surface area contributed by atoms with E-state index in [4.69, 9.17) is 16.3 Å². The van der Waals surface area contributed by atoms with Crippen molar-refractivity contribution in [3.8, 4) is 0 Å². The summed E-state index contributed by atoms with van der Waals surface area (Å²) in [5.74, 6) is -0.359. The molecule has 8 heteroatoms. The molecule has 1 unspecified atom stereocenters. The number of para-hydroxylation sites is 1. The number of amides is 1. The first kappa shape index (κ1) is 18.8. The normalized spacial score (nSPS) is 18.5. The molecule has 2 aromatic rings. The second-order valence-electron chi connectivity index (χ2n) is 6.00. The molecule has 3 rings (SSSR count). The van der Waals surface area contributed by atoms with E-state index >= 15 is 0 Å². The Morgan fingerprint density at radius 2 is 1.88 bits per heavy atom. The predicted molar refractivity (Wildman–Crippen MR) is 100 cm³/mol. The third-order valence-electron chi connectivity index (χ3n) is 4.15. The second-order valence-corrected chi connectivity index (χ2v) is 8.30. The number of hydrogen-bond acceptors (Lipinski definition) is 4. The Kier molecular flexibility index (Phi) is 5.62. The molecule has 1 atom stereocenters. The van der Waals surface area contributed by atoms with Gasteiger partial charge in [-0.15, -0.1) is 0 Å². The molecule has 2 aromatic carbocycles. The van der Waals surface area contributed by atoms with Gasteiger partial charge in [0.25, 0.3) is 5.91 Å². The van der Waals surface area contributed by atoms with Gasteiger partial charge in [-0.25, -0.2) is 8.42 Å². The molecule has 1 amide bonds. The van der Waals surface area contributed by atoms with E-state index in [-0.39, 0.29) is 16.8 Å². The topological polar surface area (TPSA) is 75.7 Å².